The summed E-state index contributed by atoms with van der Waals surface area (Å²) in [4.78, 5) is 23.1. The molecule has 0 radical (unpaired) electrons. The predicted molar refractivity (Wildman–Crippen MR) is 126 cm³/mol. The van der Waals surface area contributed by atoms with Crippen LogP contribution in [0.1, 0.15) is 43.2 Å². The third-order valence-corrected chi connectivity index (χ3v) is 5.05. The maximum atomic E-state index is 13.4. The Morgan fingerprint density at radius 1 is 0.714 bits per heavy atom. The van der Waals surface area contributed by atoms with E-state index >= 15 is 0 Å². The van der Waals surface area contributed by atoms with E-state index in [-0.39, 0.29) is 0 Å². The van der Waals surface area contributed by atoms with Crippen LogP contribution in [0.2, 0.25) is 0 Å². The van der Waals surface area contributed by atoms with Crippen LogP contribution in [0.4, 0.5) is 13.2 Å². The Balaban J connectivity index is 1.90. The molecular weight excluding hydrogens is 459 g/mol. The molecule has 0 atom stereocenters. The number of ether oxygens (including phenoxy) is 2. The lowest BCUT2D eigenvalue weighted by Gasteiger charge is -2.07. The molecule has 0 bridgehead atoms. The number of halogens is 3. The van der Waals surface area contributed by atoms with Gasteiger partial charge in [0.05, 0.1) is 25.3 Å². The van der Waals surface area contributed by atoms with Gasteiger partial charge in [0.15, 0.2) is 0 Å². The Labute approximate surface area is 200 Å². The molecule has 0 aliphatic carbocycles. The van der Waals surface area contributed by atoms with E-state index in [4.69, 9.17) is 0 Å². The van der Waals surface area contributed by atoms with Gasteiger partial charge < -0.3 is 9.47 Å². The van der Waals surface area contributed by atoms with Crippen LogP contribution < -0.4 is 4.57 Å². The first kappa shape index (κ1) is 25.4. The molecule has 35 heavy (non-hydrogen) atoms. The molecule has 0 N–H and O–H groups in total. The SMILES string of the molecule is COC(=O)c1ccc(/C=C/c2cccc(/C=C/c3ccc(C(=O)OC)cc3)[n+]2CC(F)(F)F)cc1. The minimum absolute atomic E-state index is 0.350. The van der Waals surface area contributed by atoms with E-state index < -0.39 is 24.7 Å². The molecule has 8 heteroatoms. The van der Waals surface area contributed by atoms with E-state index in [1.54, 1.807) is 91.0 Å². The number of benzene rings is 2. The first-order valence-corrected chi connectivity index (χ1v) is 10.5. The number of carbonyl (C=O) groups excluding carboxylic acids is 2. The second kappa shape index (κ2) is 11.3. The molecule has 1 aromatic heterocycles. The summed E-state index contributed by atoms with van der Waals surface area (Å²) < 4.78 is 50.6. The van der Waals surface area contributed by atoms with Gasteiger partial charge in [-0.25, -0.2) is 9.59 Å². The van der Waals surface area contributed by atoms with Gasteiger partial charge in [-0.3, -0.25) is 0 Å². The average molecular weight is 482 g/mol. The number of methoxy groups -OCH3 is 2. The molecule has 0 spiro atoms. The number of esters is 2. The van der Waals surface area contributed by atoms with Crippen LogP contribution in [0.25, 0.3) is 24.3 Å². The van der Waals surface area contributed by atoms with Crippen molar-refractivity contribution in [3.8, 4) is 0 Å². The number of alkyl halides is 3. The van der Waals surface area contributed by atoms with Gasteiger partial charge in [-0.2, -0.15) is 17.7 Å². The van der Waals surface area contributed by atoms with E-state index in [0.717, 1.165) is 0 Å². The minimum atomic E-state index is -4.43. The normalized spacial score (nSPS) is 11.7. The highest BCUT2D eigenvalue weighted by atomic mass is 19.4. The van der Waals surface area contributed by atoms with Gasteiger partial charge in [0.25, 0.3) is 0 Å². The van der Waals surface area contributed by atoms with Crippen LogP contribution in [0.5, 0.6) is 0 Å². The van der Waals surface area contributed by atoms with Crippen LogP contribution >= 0.6 is 0 Å². The zero-order valence-corrected chi connectivity index (χ0v) is 19.1. The lowest BCUT2D eigenvalue weighted by atomic mass is 10.1. The summed E-state index contributed by atoms with van der Waals surface area (Å²) in [5.74, 6) is -0.939. The highest BCUT2D eigenvalue weighted by molar-refractivity contribution is 5.90. The standard InChI is InChI=1S/C27H23F3NO4/c1-34-25(32)21-12-6-19(7-13-21)10-16-23-4-3-5-24(31(23)18-27(28,29)30)17-11-20-8-14-22(15-9-20)26(33)35-2/h3-17H,18H2,1-2H3/q+1/b16-10+,17-11+. The highest BCUT2D eigenvalue weighted by Gasteiger charge is 2.35. The van der Waals surface area contributed by atoms with E-state index in [1.807, 2.05) is 0 Å². The number of pyridine rings is 1. The van der Waals surface area contributed by atoms with Crippen molar-refractivity contribution in [2.45, 2.75) is 12.7 Å². The van der Waals surface area contributed by atoms with Gasteiger partial charge >= 0.3 is 18.1 Å². The van der Waals surface area contributed by atoms with Gasteiger partial charge in [0, 0.05) is 24.3 Å². The van der Waals surface area contributed by atoms with Gasteiger partial charge in [-0.15, -0.1) is 0 Å². The first-order valence-electron chi connectivity index (χ1n) is 10.5. The molecule has 0 fully saturated rings. The molecule has 3 aromatic rings. The summed E-state index contributed by atoms with van der Waals surface area (Å²) in [6.45, 7) is -1.17. The zero-order valence-electron chi connectivity index (χ0n) is 19.1. The maximum Gasteiger partial charge on any atom is 0.448 e. The quantitative estimate of drug-likeness (QED) is 0.332. The first-order chi connectivity index (χ1) is 16.7. The van der Waals surface area contributed by atoms with E-state index in [1.165, 1.54) is 18.8 Å². The van der Waals surface area contributed by atoms with Crippen molar-refractivity contribution in [3.05, 3.63) is 100 Å². The zero-order chi connectivity index (χ0) is 25.4. The summed E-state index contributed by atoms with van der Waals surface area (Å²) in [6, 6.07) is 17.9. The van der Waals surface area contributed by atoms with Crippen LogP contribution in [0.3, 0.4) is 0 Å². The monoisotopic (exact) mass is 482 g/mol. The minimum Gasteiger partial charge on any atom is -0.465 e. The summed E-state index contributed by atoms with van der Waals surface area (Å²) in [5, 5.41) is 0. The molecule has 5 nitrogen and oxygen atoms in total. The van der Waals surface area contributed by atoms with Crippen molar-refractivity contribution in [3.63, 3.8) is 0 Å². The summed E-state index contributed by atoms with van der Waals surface area (Å²) in [6.07, 6.45) is 2.08. The van der Waals surface area contributed by atoms with E-state index in [0.29, 0.717) is 33.6 Å². The van der Waals surface area contributed by atoms with Crippen molar-refractivity contribution in [1.29, 1.82) is 0 Å². The lowest BCUT2D eigenvalue weighted by Crippen LogP contribution is -2.46. The lowest BCUT2D eigenvalue weighted by molar-refractivity contribution is -0.722. The third kappa shape index (κ3) is 7.14. The van der Waals surface area contributed by atoms with E-state index in [9.17, 15) is 22.8 Å². The van der Waals surface area contributed by atoms with Crippen LogP contribution in [-0.2, 0) is 16.0 Å². The number of hydrogen-bond donors (Lipinski definition) is 0. The van der Waals surface area contributed by atoms with Gasteiger partial charge in [-0.1, -0.05) is 24.3 Å². The molecule has 0 saturated heterocycles. The average Bonchev–Trinajstić information content (AvgIpc) is 2.86. The van der Waals surface area contributed by atoms with Crippen LogP contribution in [0, 0.1) is 0 Å². The second-order valence-electron chi connectivity index (χ2n) is 7.47. The topological polar surface area (TPSA) is 56.5 Å². The molecule has 0 amide bonds. The van der Waals surface area contributed by atoms with Crippen LogP contribution in [0.15, 0.2) is 66.7 Å². The number of hydrogen-bond acceptors (Lipinski definition) is 4. The molecule has 0 aliphatic heterocycles. The molecule has 1 heterocycles. The van der Waals surface area contributed by atoms with Crippen molar-refractivity contribution in [2.75, 3.05) is 14.2 Å². The Kier molecular flexibility index (Phi) is 8.20. The fourth-order valence-corrected chi connectivity index (χ4v) is 3.29. The number of aromatic nitrogens is 1. The largest absolute Gasteiger partial charge is 0.465 e. The molecule has 3 rings (SSSR count). The molecule has 0 unspecified atom stereocenters. The van der Waals surface area contributed by atoms with Crippen molar-refractivity contribution < 1.29 is 36.8 Å². The van der Waals surface area contributed by atoms with Gasteiger partial charge in [0.2, 0.25) is 17.9 Å². The summed E-state index contributed by atoms with van der Waals surface area (Å²) in [7, 11) is 2.57. The summed E-state index contributed by atoms with van der Waals surface area (Å²) >= 11 is 0. The number of carbonyl (C=O) groups is 2. The second-order valence-corrected chi connectivity index (χ2v) is 7.47. The Bertz CT molecular complexity index is 1160. The molecule has 180 valence electrons. The third-order valence-electron chi connectivity index (χ3n) is 5.05. The van der Waals surface area contributed by atoms with Gasteiger partial charge in [-0.05, 0) is 53.6 Å². The van der Waals surface area contributed by atoms with Crippen molar-refractivity contribution in [2.24, 2.45) is 0 Å². The van der Waals surface area contributed by atoms with Crippen LogP contribution in [-0.4, -0.2) is 32.3 Å². The smallest absolute Gasteiger partial charge is 0.448 e. The number of rotatable bonds is 7. The number of nitrogens with zero attached hydrogens (tertiary/aromatic N) is 1. The van der Waals surface area contributed by atoms with Crippen molar-refractivity contribution in [1.82, 2.24) is 0 Å². The molecule has 0 saturated carbocycles. The molecular formula is C27H23F3NO4+. The fraction of sp³-hybridized carbons (Fsp3) is 0.148. The highest BCUT2D eigenvalue weighted by Crippen LogP contribution is 2.18. The van der Waals surface area contributed by atoms with Gasteiger partial charge in [0.1, 0.15) is 0 Å². The van der Waals surface area contributed by atoms with Crippen molar-refractivity contribution >= 4 is 36.2 Å². The Morgan fingerprint density at radius 2 is 1.11 bits per heavy atom. The summed E-state index contributed by atoms with van der Waals surface area (Å²) in [5.41, 5.74) is 2.88. The fourth-order valence-electron chi connectivity index (χ4n) is 3.29. The molecule has 0 aliphatic rings. The maximum absolute atomic E-state index is 13.4. The molecule has 2 aromatic carbocycles. The van der Waals surface area contributed by atoms with E-state index in [2.05, 4.69) is 9.47 Å². The Hall–Kier alpha value is -4.20. The predicted octanol–water partition coefficient (Wildman–Crippen LogP) is 5.45. The Morgan fingerprint density at radius 3 is 1.46 bits per heavy atom.